The summed E-state index contributed by atoms with van der Waals surface area (Å²) in [5, 5.41) is 57.8. The first-order chi connectivity index (χ1) is 23.3. The summed E-state index contributed by atoms with van der Waals surface area (Å²) in [6, 6.07) is 0. The molecule has 0 aromatic carbocycles. The van der Waals surface area contributed by atoms with E-state index in [0.29, 0.717) is 51.4 Å². The molecular formula is C40H64O10. The van der Waals surface area contributed by atoms with Crippen molar-refractivity contribution in [3.8, 4) is 0 Å². The molecule has 0 unspecified atom stereocenters. The number of esters is 2. The van der Waals surface area contributed by atoms with Gasteiger partial charge in [-0.15, -0.1) is 0 Å². The van der Waals surface area contributed by atoms with E-state index in [2.05, 4.69) is 19.9 Å². The number of aliphatic hydroxyl groups is 5. The van der Waals surface area contributed by atoms with Crippen LogP contribution in [0, 0.1) is 17.8 Å². The second-order valence-corrected chi connectivity index (χ2v) is 17.6. The maximum atomic E-state index is 14.1. The average molecular weight is 705 g/mol. The van der Waals surface area contributed by atoms with Gasteiger partial charge in [-0.25, -0.2) is 4.79 Å². The van der Waals surface area contributed by atoms with Crippen LogP contribution in [0.5, 0.6) is 0 Å². The van der Waals surface area contributed by atoms with E-state index in [9.17, 15) is 35.1 Å². The van der Waals surface area contributed by atoms with Gasteiger partial charge in [-0.3, -0.25) is 4.79 Å². The number of carbonyl (C=O) groups is 2. The molecule has 5 rings (SSSR count). The number of fused-ring (bicyclic) bond motifs is 6. The van der Waals surface area contributed by atoms with Gasteiger partial charge in [0.25, 0.3) is 0 Å². The smallest absolute Gasteiger partial charge is 0.339 e. The minimum Gasteiger partial charge on any atom is -0.459 e. The summed E-state index contributed by atoms with van der Waals surface area (Å²) in [4.78, 5) is 28.0. The van der Waals surface area contributed by atoms with Crippen molar-refractivity contribution in [1.29, 1.82) is 0 Å². The molecule has 4 bridgehead atoms. The molecule has 5 aliphatic rings. The predicted molar refractivity (Wildman–Crippen MR) is 188 cm³/mol. The Morgan fingerprint density at radius 3 is 2.04 bits per heavy atom. The molecule has 3 heterocycles. The maximum Gasteiger partial charge on any atom is 0.339 e. The molecule has 0 aromatic heterocycles. The Morgan fingerprint density at radius 2 is 1.36 bits per heavy atom. The number of hydrogen-bond donors (Lipinski definition) is 5. The lowest BCUT2D eigenvalue weighted by molar-refractivity contribution is -0.196. The van der Waals surface area contributed by atoms with Crippen molar-refractivity contribution in [3.63, 3.8) is 0 Å². The first kappa shape index (κ1) is 39.4. The summed E-state index contributed by atoms with van der Waals surface area (Å²) < 4.78 is 18.2. The highest BCUT2D eigenvalue weighted by atomic mass is 16.6. The summed E-state index contributed by atoms with van der Waals surface area (Å²) in [7, 11) is 0. The summed E-state index contributed by atoms with van der Waals surface area (Å²) in [6.45, 7) is 11.2. The van der Waals surface area contributed by atoms with Gasteiger partial charge in [0.05, 0.1) is 41.0 Å². The molecule has 12 atom stereocenters. The van der Waals surface area contributed by atoms with Crippen molar-refractivity contribution >= 4 is 11.9 Å². The molecule has 10 nitrogen and oxygen atoms in total. The van der Waals surface area contributed by atoms with Gasteiger partial charge in [0.2, 0.25) is 0 Å². The van der Waals surface area contributed by atoms with Gasteiger partial charge in [-0.05, 0) is 150 Å². The molecule has 284 valence electrons. The summed E-state index contributed by atoms with van der Waals surface area (Å²) in [6.07, 6.45) is 8.55. The number of aliphatic hydroxyl groups excluding tert-OH is 2. The van der Waals surface area contributed by atoms with Crippen molar-refractivity contribution in [1.82, 2.24) is 0 Å². The van der Waals surface area contributed by atoms with Crippen molar-refractivity contribution in [2.24, 2.45) is 17.8 Å². The lowest BCUT2D eigenvalue weighted by Gasteiger charge is -2.43. The van der Waals surface area contributed by atoms with E-state index in [1.165, 1.54) is 5.57 Å². The van der Waals surface area contributed by atoms with Crippen LogP contribution >= 0.6 is 0 Å². The Morgan fingerprint density at radius 1 is 0.740 bits per heavy atom. The Kier molecular flexibility index (Phi) is 11.7. The highest BCUT2D eigenvalue weighted by Gasteiger charge is 2.56. The molecule has 3 aliphatic heterocycles. The van der Waals surface area contributed by atoms with Gasteiger partial charge < -0.3 is 39.7 Å². The Balaban J connectivity index is 1.40. The van der Waals surface area contributed by atoms with E-state index in [4.69, 9.17) is 14.2 Å². The molecule has 0 radical (unpaired) electrons. The highest BCUT2D eigenvalue weighted by Crippen LogP contribution is 2.49. The van der Waals surface area contributed by atoms with E-state index in [1.807, 2.05) is 13.0 Å². The summed E-state index contributed by atoms with van der Waals surface area (Å²) in [5.41, 5.74) is -3.99. The summed E-state index contributed by atoms with van der Waals surface area (Å²) in [5.74, 6) is -2.92. The van der Waals surface area contributed by atoms with Gasteiger partial charge >= 0.3 is 11.9 Å². The number of carbonyl (C=O) groups excluding carboxylic acids is 2. The van der Waals surface area contributed by atoms with Crippen LogP contribution in [0.15, 0.2) is 23.3 Å². The fourth-order valence-corrected chi connectivity index (χ4v) is 9.06. The standard InChI is InChI=1S/C40H64O10/c1-25-9-7-18-36(3,45)31(42)24-28-16-21-38(5,30(41)13-11-25)50-35(44)40(28,47)22-17-29-27-15-20-39(6)32(49-39)14-12-26(2)10-8-19-37(4,46)33(23-27)48-34(29)43/h9-10,27-33,41-42,45-47H,7-8,11-24H2,1-6H3/b25-9+,26-10+/t27-,28-,29+,30+,31-,32+,33-,36+,37+,38-,39+,40+/m1/s1. The SMILES string of the molecule is C/C1=C\CC[C@](C)(O)[C@H]2C[C@@H](CC[C@]3(C)O[C@H]3CC1)[C@H](CC[C@@]1(O)C(=O)O[C@]3(C)CC[C@@H]1C[C@@H](O)[C@@](C)(O)CC/C=C(\C)CC[C@@H]3O)C(=O)O2. The highest BCUT2D eigenvalue weighted by molar-refractivity contribution is 5.81. The van der Waals surface area contributed by atoms with Crippen LogP contribution in [0.2, 0.25) is 0 Å². The first-order valence-corrected chi connectivity index (χ1v) is 19.2. The van der Waals surface area contributed by atoms with Crippen LogP contribution in [0.3, 0.4) is 0 Å². The maximum absolute atomic E-state index is 14.1. The van der Waals surface area contributed by atoms with Gasteiger partial charge in [-0.1, -0.05) is 23.3 Å². The van der Waals surface area contributed by atoms with Crippen LogP contribution in [0.25, 0.3) is 0 Å². The zero-order valence-electron chi connectivity index (χ0n) is 31.3. The monoisotopic (exact) mass is 704 g/mol. The molecular weight excluding hydrogens is 640 g/mol. The van der Waals surface area contributed by atoms with Crippen LogP contribution in [-0.4, -0.2) is 89.9 Å². The number of allylic oxidation sites excluding steroid dienone is 4. The Bertz CT molecular complexity index is 1300. The molecule has 5 N–H and O–H groups in total. The number of rotatable bonds is 3. The largest absolute Gasteiger partial charge is 0.459 e. The molecule has 2 aliphatic carbocycles. The van der Waals surface area contributed by atoms with Crippen LogP contribution in [0.4, 0.5) is 0 Å². The fourth-order valence-electron chi connectivity index (χ4n) is 9.06. The summed E-state index contributed by atoms with van der Waals surface area (Å²) >= 11 is 0. The Hall–Kier alpha value is -1.82. The van der Waals surface area contributed by atoms with Gasteiger partial charge in [0, 0.05) is 5.92 Å². The van der Waals surface area contributed by atoms with E-state index >= 15 is 0 Å². The average Bonchev–Trinajstić information content (AvgIpc) is 3.72. The number of epoxide rings is 1. The van der Waals surface area contributed by atoms with Gasteiger partial charge in [0.1, 0.15) is 11.7 Å². The topological polar surface area (TPSA) is 166 Å². The third kappa shape index (κ3) is 8.69. The Labute approximate surface area is 298 Å². The number of hydrogen-bond acceptors (Lipinski definition) is 10. The fraction of sp³-hybridized carbons (Fsp3) is 0.850. The predicted octanol–water partition coefficient (Wildman–Crippen LogP) is 5.35. The van der Waals surface area contributed by atoms with Crippen LogP contribution in [0.1, 0.15) is 144 Å². The zero-order chi connectivity index (χ0) is 36.7. The van der Waals surface area contributed by atoms with E-state index in [1.54, 1.807) is 20.8 Å². The second kappa shape index (κ2) is 14.9. The van der Waals surface area contributed by atoms with Crippen LogP contribution in [-0.2, 0) is 23.8 Å². The molecule has 0 aromatic rings. The molecule has 0 spiro atoms. The lowest BCUT2D eigenvalue weighted by Crippen LogP contribution is -2.53. The lowest BCUT2D eigenvalue weighted by atomic mass is 9.70. The van der Waals surface area contributed by atoms with Gasteiger partial charge in [-0.2, -0.15) is 0 Å². The first-order valence-electron chi connectivity index (χ1n) is 19.2. The molecule has 10 heteroatoms. The van der Waals surface area contributed by atoms with Crippen molar-refractivity contribution in [2.75, 3.05) is 0 Å². The molecule has 0 saturated carbocycles. The second-order valence-electron chi connectivity index (χ2n) is 17.6. The molecule has 3 fully saturated rings. The normalized spacial score (nSPS) is 49.0. The van der Waals surface area contributed by atoms with Gasteiger partial charge in [0.15, 0.2) is 5.60 Å². The zero-order valence-corrected chi connectivity index (χ0v) is 31.3. The van der Waals surface area contributed by atoms with Crippen LogP contribution < -0.4 is 0 Å². The van der Waals surface area contributed by atoms with Crippen molar-refractivity contribution in [3.05, 3.63) is 23.3 Å². The molecule has 50 heavy (non-hydrogen) atoms. The number of ether oxygens (including phenoxy) is 3. The molecule has 0 amide bonds. The van der Waals surface area contributed by atoms with Crippen molar-refractivity contribution < 1.29 is 49.3 Å². The van der Waals surface area contributed by atoms with E-state index < -0.39 is 64.5 Å². The third-order valence-electron chi connectivity index (χ3n) is 13.4. The minimum absolute atomic E-state index is 0.0536. The quantitative estimate of drug-likeness (QED) is 0.147. The van der Waals surface area contributed by atoms with Crippen molar-refractivity contribution in [2.45, 2.75) is 197 Å². The third-order valence-corrected chi connectivity index (χ3v) is 13.4. The minimum atomic E-state index is -2.08. The van der Waals surface area contributed by atoms with E-state index in [-0.39, 0.29) is 49.7 Å². The van der Waals surface area contributed by atoms with E-state index in [0.717, 1.165) is 24.8 Å². The molecule has 3 saturated heterocycles.